The van der Waals surface area contributed by atoms with Gasteiger partial charge in [0.2, 0.25) is 5.91 Å². The number of nitrogens with two attached hydrogens (primary N) is 1. The summed E-state index contributed by atoms with van der Waals surface area (Å²) in [4.78, 5) is 18.5. The highest BCUT2D eigenvalue weighted by Crippen LogP contribution is 2.39. The minimum absolute atomic E-state index is 0.157. The first-order valence-corrected chi connectivity index (χ1v) is 11.5. The minimum Gasteiger partial charge on any atom is -0.397 e. The maximum atomic E-state index is 12.5. The Morgan fingerprint density at radius 1 is 1.35 bits per heavy atom. The summed E-state index contributed by atoms with van der Waals surface area (Å²) in [5, 5.41) is 13.6. The summed E-state index contributed by atoms with van der Waals surface area (Å²) in [5.74, 6) is 0.648. The lowest BCUT2D eigenvalue weighted by molar-refractivity contribution is -0.113. The summed E-state index contributed by atoms with van der Waals surface area (Å²) >= 11 is 8.89. The molecule has 0 saturated heterocycles. The smallest absolute Gasteiger partial charge is 0.234 e. The van der Waals surface area contributed by atoms with Crippen molar-refractivity contribution in [2.45, 2.75) is 18.6 Å². The van der Waals surface area contributed by atoms with Crippen molar-refractivity contribution >= 4 is 62.2 Å². The van der Waals surface area contributed by atoms with Gasteiger partial charge in [-0.3, -0.25) is 9.36 Å². The van der Waals surface area contributed by atoms with Crippen LogP contribution in [0.25, 0.3) is 20.9 Å². The third-order valence-corrected chi connectivity index (χ3v) is 7.11. The van der Waals surface area contributed by atoms with Crippen LogP contribution >= 0.6 is 34.7 Å². The van der Waals surface area contributed by atoms with E-state index < -0.39 is 0 Å². The van der Waals surface area contributed by atoms with Gasteiger partial charge >= 0.3 is 0 Å². The van der Waals surface area contributed by atoms with Crippen molar-refractivity contribution in [2.24, 2.45) is 0 Å². The van der Waals surface area contributed by atoms with E-state index >= 15 is 0 Å². The van der Waals surface area contributed by atoms with Crippen molar-refractivity contribution in [1.29, 1.82) is 0 Å². The standard InChI is InChI=1S/C21H19ClN6OS2/c1-3-10-28-19(18-17(23)13-6-5-9-24-20(13)31-18)26-27-21(28)30-11-16(29)25-15-8-4-7-14(22)12(15)2/h3-9H,1,10-11,23H2,2H3,(H,25,29). The van der Waals surface area contributed by atoms with Gasteiger partial charge in [0, 0.05) is 28.8 Å². The van der Waals surface area contributed by atoms with E-state index in [4.69, 9.17) is 17.3 Å². The number of thioether (sulfide) groups is 1. The molecular formula is C21H19ClN6OS2. The number of nitrogens with one attached hydrogen (secondary N) is 1. The zero-order valence-corrected chi connectivity index (χ0v) is 19.0. The van der Waals surface area contributed by atoms with E-state index in [1.807, 2.05) is 29.7 Å². The molecule has 31 heavy (non-hydrogen) atoms. The average Bonchev–Trinajstić information content (AvgIpc) is 3.31. The van der Waals surface area contributed by atoms with E-state index in [9.17, 15) is 4.79 Å². The van der Waals surface area contributed by atoms with Crippen LogP contribution in [-0.4, -0.2) is 31.4 Å². The summed E-state index contributed by atoms with van der Waals surface area (Å²) in [6.45, 7) is 6.18. The zero-order valence-electron chi connectivity index (χ0n) is 16.6. The Morgan fingerprint density at radius 3 is 2.97 bits per heavy atom. The van der Waals surface area contributed by atoms with Gasteiger partial charge in [0.1, 0.15) is 4.83 Å². The van der Waals surface area contributed by atoms with Crippen LogP contribution < -0.4 is 11.1 Å². The molecule has 0 radical (unpaired) electrons. The molecule has 0 unspecified atom stereocenters. The SMILES string of the molecule is C=CCn1c(SCC(=O)Nc2cccc(Cl)c2C)nnc1-c1sc2ncccc2c1N. The highest BCUT2D eigenvalue weighted by Gasteiger charge is 2.20. The van der Waals surface area contributed by atoms with Gasteiger partial charge in [0.25, 0.3) is 0 Å². The summed E-state index contributed by atoms with van der Waals surface area (Å²) < 4.78 is 1.90. The second-order valence-electron chi connectivity index (χ2n) is 6.66. The predicted molar refractivity (Wildman–Crippen MR) is 129 cm³/mol. The summed E-state index contributed by atoms with van der Waals surface area (Å²) in [7, 11) is 0. The van der Waals surface area contributed by atoms with Gasteiger partial charge in [-0.05, 0) is 36.8 Å². The number of aromatic nitrogens is 4. The molecule has 0 atom stereocenters. The van der Waals surface area contributed by atoms with Crippen molar-refractivity contribution < 1.29 is 4.79 Å². The summed E-state index contributed by atoms with van der Waals surface area (Å²) in [6, 6.07) is 9.19. The van der Waals surface area contributed by atoms with Gasteiger partial charge < -0.3 is 11.1 Å². The first-order chi connectivity index (χ1) is 15.0. The number of carbonyl (C=O) groups excluding carboxylic acids is 1. The Bertz CT molecular complexity index is 1280. The number of carbonyl (C=O) groups is 1. The van der Waals surface area contributed by atoms with Crippen LogP contribution in [0.3, 0.4) is 0 Å². The number of nitrogens with zero attached hydrogens (tertiary/aromatic N) is 4. The van der Waals surface area contributed by atoms with Crippen molar-refractivity contribution in [3.8, 4) is 10.7 Å². The van der Waals surface area contributed by atoms with Crippen LogP contribution in [-0.2, 0) is 11.3 Å². The van der Waals surface area contributed by atoms with Crippen molar-refractivity contribution in [3.63, 3.8) is 0 Å². The number of pyridine rings is 1. The molecule has 4 rings (SSSR count). The first kappa shape index (κ1) is 21.4. The van der Waals surface area contributed by atoms with E-state index in [0.717, 1.165) is 20.7 Å². The molecule has 0 spiro atoms. The van der Waals surface area contributed by atoms with E-state index in [0.29, 0.717) is 33.9 Å². The topological polar surface area (TPSA) is 98.7 Å². The van der Waals surface area contributed by atoms with Gasteiger partial charge in [0.05, 0.1) is 16.3 Å². The van der Waals surface area contributed by atoms with Crippen LogP contribution in [0.4, 0.5) is 11.4 Å². The van der Waals surface area contributed by atoms with Crippen LogP contribution in [0.1, 0.15) is 5.56 Å². The van der Waals surface area contributed by atoms with E-state index in [-0.39, 0.29) is 11.7 Å². The predicted octanol–water partition coefficient (Wildman–Crippen LogP) is 5.02. The maximum absolute atomic E-state index is 12.5. The molecule has 0 saturated carbocycles. The second kappa shape index (κ2) is 9.09. The van der Waals surface area contributed by atoms with Crippen molar-refractivity contribution in [1.82, 2.24) is 19.7 Å². The average molecular weight is 471 g/mol. The lowest BCUT2D eigenvalue weighted by Gasteiger charge is -2.10. The first-order valence-electron chi connectivity index (χ1n) is 9.34. The Balaban J connectivity index is 1.56. The van der Waals surface area contributed by atoms with E-state index in [1.54, 1.807) is 24.4 Å². The number of anilines is 2. The quantitative estimate of drug-likeness (QED) is 0.291. The molecule has 1 aromatic carbocycles. The lowest BCUT2D eigenvalue weighted by atomic mass is 10.2. The number of hydrogen-bond donors (Lipinski definition) is 2. The lowest BCUT2D eigenvalue weighted by Crippen LogP contribution is -2.15. The van der Waals surface area contributed by atoms with Crippen LogP contribution in [0.2, 0.25) is 5.02 Å². The van der Waals surface area contributed by atoms with Crippen molar-refractivity contribution in [3.05, 3.63) is 59.8 Å². The Morgan fingerprint density at radius 2 is 2.19 bits per heavy atom. The normalized spacial score (nSPS) is 11.0. The fourth-order valence-corrected chi connectivity index (χ4v) is 5.01. The number of halogens is 1. The van der Waals surface area contributed by atoms with Crippen LogP contribution in [0.15, 0.2) is 54.3 Å². The number of nitrogen functional groups attached to an aromatic ring is 1. The number of fused-ring (bicyclic) bond motifs is 1. The number of benzene rings is 1. The van der Waals surface area contributed by atoms with Crippen LogP contribution in [0.5, 0.6) is 0 Å². The Kier molecular flexibility index (Phi) is 6.26. The van der Waals surface area contributed by atoms with E-state index in [2.05, 4.69) is 27.1 Å². The molecule has 0 fully saturated rings. The number of hydrogen-bond acceptors (Lipinski definition) is 7. The molecule has 10 heteroatoms. The highest BCUT2D eigenvalue weighted by atomic mass is 35.5. The maximum Gasteiger partial charge on any atom is 0.234 e. The number of allylic oxidation sites excluding steroid dienone is 1. The van der Waals surface area contributed by atoms with Gasteiger partial charge in [-0.25, -0.2) is 4.98 Å². The minimum atomic E-state index is -0.157. The Hall–Kier alpha value is -2.88. The molecule has 0 aliphatic rings. The zero-order chi connectivity index (χ0) is 22.0. The molecular weight excluding hydrogens is 452 g/mol. The molecule has 1 amide bonds. The van der Waals surface area contributed by atoms with Gasteiger partial charge in [-0.1, -0.05) is 35.5 Å². The summed E-state index contributed by atoms with van der Waals surface area (Å²) in [6.07, 6.45) is 3.49. The molecule has 3 aromatic heterocycles. The van der Waals surface area contributed by atoms with Gasteiger partial charge in [-0.15, -0.1) is 28.1 Å². The monoisotopic (exact) mass is 470 g/mol. The molecule has 3 N–H and O–H groups in total. The molecule has 4 aromatic rings. The molecule has 0 aliphatic carbocycles. The molecule has 158 valence electrons. The van der Waals surface area contributed by atoms with Gasteiger partial charge in [0.15, 0.2) is 11.0 Å². The fraction of sp³-hybridized carbons (Fsp3) is 0.143. The number of rotatable bonds is 7. The van der Waals surface area contributed by atoms with Crippen LogP contribution in [0, 0.1) is 6.92 Å². The number of thiophene rings is 1. The highest BCUT2D eigenvalue weighted by molar-refractivity contribution is 7.99. The van der Waals surface area contributed by atoms with E-state index in [1.165, 1.54) is 23.1 Å². The number of amides is 1. The molecule has 0 aliphatic heterocycles. The largest absolute Gasteiger partial charge is 0.397 e. The third kappa shape index (κ3) is 4.30. The Labute approximate surface area is 192 Å². The molecule has 3 heterocycles. The van der Waals surface area contributed by atoms with Gasteiger partial charge in [-0.2, -0.15) is 0 Å². The molecule has 7 nitrogen and oxygen atoms in total. The third-order valence-electron chi connectivity index (χ3n) is 4.61. The fourth-order valence-electron chi connectivity index (χ4n) is 3.03. The second-order valence-corrected chi connectivity index (χ2v) is 9.00. The molecule has 0 bridgehead atoms. The van der Waals surface area contributed by atoms with Crippen molar-refractivity contribution in [2.75, 3.05) is 16.8 Å². The summed E-state index contributed by atoms with van der Waals surface area (Å²) in [5.41, 5.74) is 8.50.